The third-order valence-electron chi connectivity index (χ3n) is 5.99. The highest BCUT2D eigenvalue weighted by molar-refractivity contribution is 6.33. The lowest BCUT2D eigenvalue weighted by atomic mass is 10.1. The lowest BCUT2D eigenvalue weighted by molar-refractivity contribution is 0.0964. The summed E-state index contributed by atoms with van der Waals surface area (Å²) in [6.07, 6.45) is 1.54. The van der Waals surface area contributed by atoms with Crippen LogP contribution in [0.4, 0.5) is 28.8 Å². The number of carbonyl (C=O) groups is 1. The van der Waals surface area contributed by atoms with Crippen molar-refractivity contribution in [3.8, 4) is 0 Å². The predicted octanol–water partition coefficient (Wildman–Crippen LogP) is 4.64. The molecule has 9 heteroatoms. The Morgan fingerprint density at radius 3 is 2.68 bits per heavy atom. The van der Waals surface area contributed by atoms with Crippen molar-refractivity contribution in [3.63, 3.8) is 0 Å². The lowest BCUT2D eigenvalue weighted by Gasteiger charge is -2.23. The van der Waals surface area contributed by atoms with Crippen molar-refractivity contribution in [2.75, 3.05) is 48.8 Å². The number of carbonyl (C=O) groups excluding carboxylic acids is 1. The van der Waals surface area contributed by atoms with Crippen LogP contribution in [0.15, 0.2) is 48.7 Å². The zero-order chi connectivity index (χ0) is 24.1. The number of halogens is 1. The first-order valence-corrected chi connectivity index (χ1v) is 11.9. The molecule has 0 atom stereocenters. The summed E-state index contributed by atoms with van der Waals surface area (Å²) in [5.74, 6) is 0.633. The molecule has 2 heterocycles. The third-order valence-corrected chi connectivity index (χ3v) is 6.26. The van der Waals surface area contributed by atoms with E-state index in [1.807, 2.05) is 18.2 Å². The smallest absolute Gasteiger partial charge is 0.253 e. The van der Waals surface area contributed by atoms with Crippen LogP contribution in [0.1, 0.15) is 29.8 Å². The number of nitrogens with one attached hydrogen (secondary N) is 3. The summed E-state index contributed by atoms with van der Waals surface area (Å²) in [6.45, 7) is 9.36. The topological polar surface area (TPSA) is 85.4 Å². The van der Waals surface area contributed by atoms with Crippen LogP contribution in [-0.4, -0.2) is 54.0 Å². The molecule has 0 saturated carbocycles. The lowest BCUT2D eigenvalue weighted by Crippen LogP contribution is -2.31. The molecule has 1 aliphatic heterocycles. The number of para-hydroxylation sites is 1. The fourth-order valence-corrected chi connectivity index (χ4v) is 4.21. The van der Waals surface area contributed by atoms with Gasteiger partial charge in [0.1, 0.15) is 5.02 Å². The molecule has 0 spiro atoms. The highest BCUT2D eigenvalue weighted by Crippen LogP contribution is 2.31. The Balaban J connectivity index is 1.59. The SMILES string of the molecule is CCN1CCN(CC)c2cc(Nc3ncc(Cl)c(Nc4ccccc4C(=O)NC)n3)ccc2C1. The van der Waals surface area contributed by atoms with Gasteiger partial charge in [0.05, 0.1) is 17.4 Å². The number of hydrogen-bond donors (Lipinski definition) is 3. The Kier molecular flexibility index (Phi) is 7.49. The standard InChI is InChI=1S/C25H30ClN7O/c1-4-32-12-13-33(5-2)22-14-18(11-10-17(22)16-32)29-25-28-15-20(26)23(31-25)30-21-9-7-6-8-19(21)24(34)27-3/h6-11,14-15H,4-5,12-13,16H2,1-3H3,(H,27,34)(H2,28,29,30,31). The molecule has 0 bridgehead atoms. The number of hydrogen-bond acceptors (Lipinski definition) is 7. The predicted molar refractivity (Wildman–Crippen MR) is 139 cm³/mol. The molecule has 0 saturated heterocycles. The highest BCUT2D eigenvalue weighted by Gasteiger charge is 2.19. The first-order valence-electron chi connectivity index (χ1n) is 11.5. The number of likely N-dealkylation sites (N-methyl/N-ethyl adjacent to an activating group) is 2. The second kappa shape index (κ2) is 10.7. The van der Waals surface area contributed by atoms with E-state index in [-0.39, 0.29) is 5.91 Å². The Hall–Kier alpha value is -3.36. The normalized spacial score (nSPS) is 13.7. The van der Waals surface area contributed by atoms with Gasteiger partial charge in [-0.05, 0) is 43.3 Å². The molecule has 3 N–H and O–H groups in total. The summed E-state index contributed by atoms with van der Waals surface area (Å²) in [5, 5.41) is 9.48. The molecular formula is C25H30ClN7O. The Morgan fingerprint density at radius 2 is 1.91 bits per heavy atom. The average molecular weight is 480 g/mol. The fourth-order valence-electron chi connectivity index (χ4n) is 4.07. The van der Waals surface area contributed by atoms with Crippen molar-refractivity contribution in [2.45, 2.75) is 20.4 Å². The highest BCUT2D eigenvalue weighted by atomic mass is 35.5. The molecule has 8 nitrogen and oxygen atoms in total. The third kappa shape index (κ3) is 5.24. The van der Waals surface area contributed by atoms with Gasteiger partial charge in [-0.3, -0.25) is 9.69 Å². The summed E-state index contributed by atoms with van der Waals surface area (Å²) >= 11 is 6.37. The van der Waals surface area contributed by atoms with E-state index in [1.165, 1.54) is 11.3 Å². The van der Waals surface area contributed by atoms with E-state index in [9.17, 15) is 4.79 Å². The second-order valence-electron chi connectivity index (χ2n) is 8.06. The molecule has 1 aliphatic rings. The van der Waals surface area contributed by atoms with Gasteiger partial charge in [-0.2, -0.15) is 4.98 Å². The molecule has 0 radical (unpaired) electrons. The van der Waals surface area contributed by atoms with Gasteiger partial charge in [-0.15, -0.1) is 0 Å². The van der Waals surface area contributed by atoms with Gasteiger partial charge in [0.2, 0.25) is 5.95 Å². The fraction of sp³-hybridized carbons (Fsp3) is 0.320. The number of aromatic nitrogens is 2. The number of amides is 1. The van der Waals surface area contributed by atoms with Crippen LogP contribution in [0.5, 0.6) is 0 Å². The van der Waals surface area contributed by atoms with Gasteiger partial charge in [0.25, 0.3) is 5.91 Å². The Bertz CT molecular complexity index is 1170. The average Bonchev–Trinajstić information content (AvgIpc) is 3.04. The van der Waals surface area contributed by atoms with Crippen LogP contribution in [0.25, 0.3) is 0 Å². The summed E-state index contributed by atoms with van der Waals surface area (Å²) < 4.78 is 0. The van der Waals surface area contributed by atoms with Gasteiger partial charge >= 0.3 is 0 Å². The van der Waals surface area contributed by atoms with Gasteiger partial charge in [0, 0.05) is 44.6 Å². The van der Waals surface area contributed by atoms with Crippen molar-refractivity contribution in [1.82, 2.24) is 20.2 Å². The Labute approximate surface area is 205 Å². The summed E-state index contributed by atoms with van der Waals surface area (Å²) in [5.41, 5.74) is 4.56. The van der Waals surface area contributed by atoms with Crippen LogP contribution in [0.3, 0.4) is 0 Å². The van der Waals surface area contributed by atoms with E-state index < -0.39 is 0 Å². The first-order chi connectivity index (χ1) is 16.5. The molecule has 0 unspecified atom stereocenters. The second-order valence-corrected chi connectivity index (χ2v) is 8.46. The van der Waals surface area contributed by atoms with Crippen LogP contribution in [0.2, 0.25) is 5.02 Å². The molecule has 178 valence electrons. The van der Waals surface area contributed by atoms with Crippen molar-refractivity contribution in [1.29, 1.82) is 0 Å². The molecule has 1 aromatic heterocycles. The van der Waals surface area contributed by atoms with Crippen molar-refractivity contribution in [3.05, 3.63) is 64.8 Å². The molecule has 34 heavy (non-hydrogen) atoms. The zero-order valence-electron chi connectivity index (χ0n) is 19.7. The molecule has 1 amide bonds. The molecule has 4 rings (SSSR count). The van der Waals surface area contributed by atoms with Crippen molar-refractivity contribution < 1.29 is 4.79 Å². The Morgan fingerprint density at radius 1 is 1.09 bits per heavy atom. The zero-order valence-corrected chi connectivity index (χ0v) is 20.5. The monoisotopic (exact) mass is 479 g/mol. The number of nitrogens with zero attached hydrogens (tertiary/aromatic N) is 4. The van der Waals surface area contributed by atoms with Gasteiger partial charge in [-0.1, -0.05) is 36.7 Å². The minimum Gasteiger partial charge on any atom is -0.370 e. The molecule has 2 aromatic carbocycles. The minimum absolute atomic E-state index is 0.196. The summed E-state index contributed by atoms with van der Waals surface area (Å²) in [4.78, 5) is 26.0. The molecule has 3 aromatic rings. The number of fused-ring (bicyclic) bond motifs is 1. The van der Waals surface area contributed by atoms with Gasteiger partial charge in [-0.25, -0.2) is 4.98 Å². The summed E-state index contributed by atoms with van der Waals surface area (Å²) in [6, 6.07) is 13.6. The summed E-state index contributed by atoms with van der Waals surface area (Å²) in [7, 11) is 1.60. The van der Waals surface area contributed by atoms with Crippen LogP contribution >= 0.6 is 11.6 Å². The first kappa shape index (κ1) is 23.8. The number of benzene rings is 2. The molecule has 0 fully saturated rings. The van der Waals surface area contributed by atoms with E-state index in [1.54, 1.807) is 19.3 Å². The minimum atomic E-state index is -0.196. The number of anilines is 5. The molecule has 0 aliphatic carbocycles. The van der Waals surface area contributed by atoms with E-state index in [0.29, 0.717) is 28.0 Å². The van der Waals surface area contributed by atoms with E-state index >= 15 is 0 Å². The van der Waals surface area contributed by atoms with E-state index in [0.717, 1.165) is 38.4 Å². The van der Waals surface area contributed by atoms with E-state index in [4.69, 9.17) is 11.6 Å². The van der Waals surface area contributed by atoms with E-state index in [2.05, 4.69) is 67.8 Å². The van der Waals surface area contributed by atoms with Crippen molar-refractivity contribution in [2.24, 2.45) is 0 Å². The van der Waals surface area contributed by atoms with Crippen LogP contribution < -0.4 is 20.9 Å². The maximum absolute atomic E-state index is 12.2. The van der Waals surface area contributed by atoms with Crippen LogP contribution in [0, 0.1) is 0 Å². The van der Waals surface area contributed by atoms with Gasteiger partial charge < -0.3 is 20.9 Å². The van der Waals surface area contributed by atoms with Crippen LogP contribution in [-0.2, 0) is 6.54 Å². The quantitative estimate of drug-likeness (QED) is 0.455. The number of rotatable bonds is 7. The van der Waals surface area contributed by atoms with Gasteiger partial charge in [0.15, 0.2) is 5.82 Å². The van der Waals surface area contributed by atoms with Crippen molar-refractivity contribution >= 4 is 46.3 Å². The maximum Gasteiger partial charge on any atom is 0.253 e. The largest absolute Gasteiger partial charge is 0.370 e. The maximum atomic E-state index is 12.2. The molecular weight excluding hydrogens is 450 g/mol.